The molecule has 6 N–H and O–H groups in total. The number of rotatable bonds is 5. The monoisotopic (exact) mass is 499 g/mol. The highest BCUT2D eigenvalue weighted by atomic mass is 35.5. The number of hydrogen-bond donors (Lipinski definition) is 5. The van der Waals surface area contributed by atoms with E-state index >= 15 is 0 Å². The fourth-order valence-electron chi connectivity index (χ4n) is 3.99. The maximum absolute atomic E-state index is 11.5. The first-order valence-corrected chi connectivity index (χ1v) is 11.0. The van der Waals surface area contributed by atoms with E-state index in [9.17, 15) is 25.2 Å². The van der Waals surface area contributed by atoms with Gasteiger partial charge in [0.25, 0.3) is 0 Å². The quantitative estimate of drug-likeness (QED) is 0.412. The van der Waals surface area contributed by atoms with Crippen molar-refractivity contribution in [3.05, 3.63) is 45.9 Å². The summed E-state index contributed by atoms with van der Waals surface area (Å²) in [7, 11) is 0. The molecule has 0 bridgehead atoms. The number of halogens is 2. The van der Waals surface area contributed by atoms with Crippen molar-refractivity contribution < 1.29 is 39.4 Å². The van der Waals surface area contributed by atoms with E-state index < -0.39 is 36.7 Å². The first-order chi connectivity index (χ1) is 15.7. The number of benzene rings is 2. The average Bonchev–Trinajstić information content (AvgIpc) is 2.79. The van der Waals surface area contributed by atoms with Crippen LogP contribution in [0.5, 0.6) is 11.5 Å². The van der Waals surface area contributed by atoms with Crippen molar-refractivity contribution in [1.82, 2.24) is 0 Å². The van der Waals surface area contributed by atoms with Crippen molar-refractivity contribution in [2.75, 3.05) is 6.54 Å². The van der Waals surface area contributed by atoms with Crippen molar-refractivity contribution in [2.24, 2.45) is 5.73 Å². The highest BCUT2D eigenvalue weighted by Gasteiger charge is 2.48. The molecule has 0 spiro atoms. The zero-order valence-corrected chi connectivity index (χ0v) is 18.7. The standard InChI is InChI=1S/C22H23Cl2NO8/c23-11-2-1-3-12(24)14(11)15-13(7-5-9-4-6-10(8-25)31-19(9)15)32-22-18(28)16(26)17(27)20(33-22)21(29)30/h1-3,5,7,10,16-18,20,22,26-28H,4,6,8,25H2,(H,29,30)/t10-,16?,17?,18?,20?,22?/m1/s1. The number of ether oxygens (including phenoxy) is 3. The predicted octanol–water partition coefficient (Wildman–Crippen LogP) is 1.58. The molecular formula is C22H23Cl2NO8. The van der Waals surface area contributed by atoms with Crippen molar-refractivity contribution >= 4 is 29.2 Å². The Morgan fingerprint density at radius 2 is 1.76 bits per heavy atom. The minimum absolute atomic E-state index is 0.123. The van der Waals surface area contributed by atoms with Crippen molar-refractivity contribution in [1.29, 1.82) is 0 Å². The average molecular weight is 500 g/mol. The lowest BCUT2D eigenvalue weighted by atomic mass is 9.94. The van der Waals surface area contributed by atoms with E-state index in [2.05, 4.69) is 0 Å². The largest absolute Gasteiger partial charge is 0.488 e. The van der Waals surface area contributed by atoms with E-state index in [4.69, 9.17) is 43.1 Å². The summed E-state index contributed by atoms with van der Waals surface area (Å²) in [6, 6.07) is 8.32. The number of aliphatic carboxylic acids is 1. The number of carboxylic acid groups (broad SMARTS) is 1. The molecule has 0 amide bonds. The number of aryl methyl sites for hydroxylation is 1. The van der Waals surface area contributed by atoms with Crippen LogP contribution in [0, 0.1) is 0 Å². The predicted molar refractivity (Wildman–Crippen MR) is 119 cm³/mol. The molecule has 1 fully saturated rings. The van der Waals surface area contributed by atoms with Gasteiger partial charge in [-0.3, -0.25) is 0 Å². The Labute approximate surface area is 199 Å². The van der Waals surface area contributed by atoms with Gasteiger partial charge in [0.2, 0.25) is 6.29 Å². The number of aliphatic hydroxyl groups excluding tert-OH is 3. The van der Waals surface area contributed by atoms with Gasteiger partial charge in [0.1, 0.15) is 35.9 Å². The molecule has 2 aromatic carbocycles. The number of carboxylic acids is 1. The molecule has 1 saturated heterocycles. The first-order valence-electron chi connectivity index (χ1n) is 10.3. The Morgan fingerprint density at radius 1 is 1.06 bits per heavy atom. The maximum Gasteiger partial charge on any atom is 0.335 e. The second kappa shape index (κ2) is 9.63. The van der Waals surface area contributed by atoms with Crippen LogP contribution in [0.4, 0.5) is 0 Å². The van der Waals surface area contributed by atoms with Crippen LogP contribution in [0.3, 0.4) is 0 Å². The van der Waals surface area contributed by atoms with Gasteiger partial charge in [-0.25, -0.2) is 4.79 Å². The Hall–Kier alpha value is -2.11. The number of aliphatic hydroxyl groups is 3. The number of nitrogens with two attached hydrogens (primary N) is 1. The van der Waals surface area contributed by atoms with Crippen LogP contribution in [0.1, 0.15) is 12.0 Å². The summed E-state index contributed by atoms with van der Waals surface area (Å²) in [5.41, 5.74) is 7.47. The van der Waals surface area contributed by atoms with Crippen LogP contribution in [0.15, 0.2) is 30.3 Å². The van der Waals surface area contributed by atoms with E-state index in [1.54, 1.807) is 30.3 Å². The second-order valence-electron chi connectivity index (χ2n) is 7.89. The molecule has 5 unspecified atom stereocenters. The molecule has 33 heavy (non-hydrogen) atoms. The molecule has 0 radical (unpaired) electrons. The maximum atomic E-state index is 11.5. The molecule has 9 nitrogen and oxygen atoms in total. The molecule has 0 saturated carbocycles. The van der Waals surface area contributed by atoms with Gasteiger partial charge in [0.05, 0.1) is 15.6 Å². The molecular weight excluding hydrogens is 477 g/mol. The van der Waals surface area contributed by atoms with Gasteiger partial charge in [0, 0.05) is 12.1 Å². The molecule has 178 valence electrons. The lowest BCUT2D eigenvalue weighted by molar-refractivity contribution is -0.271. The van der Waals surface area contributed by atoms with Crippen LogP contribution < -0.4 is 15.2 Å². The van der Waals surface area contributed by atoms with Crippen molar-refractivity contribution in [2.45, 2.75) is 49.7 Å². The summed E-state index contributed by atoms with van der Waals surface area (Å²) in [5.74, 6) is -0.945. The third-order valence-corrected chi connectivity index (χ3v) is 6.38. The molecule has 0 aliphatic carbocycles. The van der Waals surface area contributed by atoms with Gasteiger partial charge >= 0.3 is 5.97 Å². The third-order valence-electron chi connectivity index (χ3n) is 5.75. The molecule has 6 atom stereocenters. The normalized spacial score (nSPS) is 29.2. The number of fused-ring (bicyclic) bond motifs is 1. The van der Waals surface area contributed by atoms with Crippen molar-refractivity contribution in [3.63, 3.8) is 0 Å². The van der Waals surface area contributed by atoms with Gasteiger partial charge < -0.3 is 40.4 Å². The highest BCUT2D eigenvalue weighted by Crippen LogP contribution is 2.49. The summed E-state index contributed by atoms with van der Waals surface area (Å²) in [5, 5.41) is 40.4. The fraction of sp³-hybridized carbons (Fsp3) is 0.409. The fourth-order valence-corrected chi connectivity index (χ4v) is 4.58. The SMILES string of the molecule is NC[C@H]1CCc2ccc(OC3OC(C(=O)O)C(O)C(O)C3O)c(-c3c(Cl)cccc3Cl)c2O1. The first kappa shape index (κ1) is 24.0. The smallest absolute Gasteiger partial charge is 0.335 e. The van der Waals surface area contributed by atoms with Crippen LogP contribution >= 0.6 is 23.2 Å². The molecule has 2 heterocycles. The lowest BCUT2D eigenvalue weighted by Crippen LogP contribution is -2.61. The minimum atomic E-state index is -1.84. The molecule has 11 heteroatoms. The van der Waals surface area contributed by atoms with Crippen LogP contribution in [0.2, 0.25) is 10.0 Å². The lowest BCUT2D eigenvalue weighted by Gasteiger charge is -2.39. The Bertz CT molecular complexity index is 1030. The Kier molecular flexibility index (Phi) is 7.01. The van der Waals surface area contributed by atoms with Crippen LogP contribution in [-0.4, -0.2) is 69.8 Å². The second-order valence-corrected chi connectivity index (χ2v) is 8.71. The van der Waals surface area contributed by atoms with Gasteiger partial charge in [0.15, 0.2) is 6.10 Å². The summed E-state index contributed by atoms with van der Waals surface area (Å²) < 4.78 is 17.3. The topological polar surface area (TPSA) is 152 Å². The third kappa shape index (κ3) is 4.50. The van der Waals surface area contributed by atoms with E-state index in [1.165, 1.54) is 0 Å². The van der Waals surface area contributed by atoms with Gasteiger partial charge in [-0.1, -0.05) is 35.3 Å². The molecule has 2 aliphatic rings. The zero-order valence-electron chi connectivity index (χ0n) is 17.2. The minimum Gasteiger partial charge on any atom is -0.488 e. The number of carbonyl (C=O) groups is 1. The van der Waals surface area contributed by atoms with Crippen LogP contribution in [-0.2, 0) is 16.0 Å². The van der Waals surface area contributed by atoms with Gasteiger partial charge in [-0.2, -0.15) is 0 Å². The Morgan fingerprint density at radius 3 is 2.39 bits per heavy atom. The van der Waals surface area contributed by atoms with E-state index in [-0.39, 0.29) is 18.4 Å². The van der Waals surface area contributed by atoms with E-state index in [0.29, 0.717) is 39.8 Å². The van der Waals surface area contributed by atoms with Crippen LogP contribution in [0.25, 0.3) is 11.1 Å². The summed E-state index contributed by atoms with van der Waals surface area (Å²) in [6.45, 7) is 0.287. The van der Waals surface area contributed by atoms with E-state index in [1.807, 2.05) is 0 Å². The van der Waals surface area contributed by atoms with Gasteiger partial charge in [-0.15, -0.1) is 0 Å². The van der Waals surface area contributed by atoms with E-state index in [0.717, 1.165) is 5.56 Å². The summed E-state index contributed by atoms with van der Waals surface area (Å²) in [6.07, 6.45) is -7.67. The molecule has 2 aliphatic heterocycles. The highest BCUT2D eigenvalue weighted by molar-refractivity contribution is 6.39. The molecule has 4 rings (SSSR count). The van der Waals surface area contributed by atoms with Gasteiger partial charge in [-0.05, 0) is 36.6 Å². The summed E-state index contributed by atoms with van der Waals surface area (Å²) >= 11 is 13.0. The summed E-state index contributed by atoms with van der Waals surface area (Å²) in [4.78, 5) is 11.5. The molecule has 2 aromatic rings. The van der Waals surface area contributed by atoms with Crippen molar-refractivity contribution in [3.8, 4) is 22.6 Å². The zero-order chi connectivity index (χ0) is 23.9. The molecule has 0 aromatic heterocycles. The number of hydrogen-bond acceptors (Lipinski definition) is 8. The Balaban J connectivity index is 1.81.